The fourth-order valence-electron chi connectivity index (χ4n) is 1.23. The molecular formula is C14H29N3O5. The summed E-state index contributed by atoms with van der Waals surface area (Å²) in [4.78, 5) is 16.5. The van der Waals surface area contributed by atoms with Crippen LogP contribution in [0.25, 0.3) is 0 Å². The summed E-state index contributed by atoms with van der Waals surface area (Å²) < 4.78 is 9.70. The third kappa shape index (κ3) is 10.1. The van der Waals surface area contributed by atoms with Crippen molar-refractivity contribution in [1.82, 2.24) is 5.01 Å². The predicted octanol–water partition coefficient (Wildman–Crippen LogP) is 3.26. The van der Waals surface area contributed by atoms with Crippen LogP contribution in [-0.4, -0.2) is 48.0 Å². The smallest absolute Gasteiger partial charge is 0.508 e. The Hall–Kier alpha value is -1.73. The molecule has 8 heteroatoms. The maximum absolute atomic E-state index is 11.6. The minimum absolute atomic E-state index is 0.177. The fourth-order valence-corrected chi connectivity index (χ4v) is 1.23. The van der Waals surface area contributed by atoms with Crippen LogP contribution in [0, 0.1) is 5.21 Å². The molecule has 0 N–H and O–H groups in total. The van der Waals surface area contributed by atoms with Gasteiger partial charge in [-0.15, -0.1) is 5.01 Å². The number of nitrogens with zero attached hydrogens (tertiary/aromatic N) is 3. The van der Waals surface area contributed by atoms with Crippen LogP contribution in [0.4, 0.5) is 4.79 Å². The second-order valence-corrected chi connectivity index (χ2v) is 6.19. The van der Waals surface area contributed by atoms with Crippen LogP contribution in [0.1, 0.15) is 53.9 Å². The van der Waals surface area contributed by atoms with Crippen LogP contribution in [0.5, 0.6) is 0 Å². The summed E-state index contributed by atoms with van der Waals surface area (Å²) in [5.41, 5.74) is -0.323. The van der Waals surface area contributed by atoms with Gasteiger partial charge in [0.1, 0.15) is 6.61 Å². The van der Waals surface area contributed by atoms with Crippen LogP contribution in [-0.2, 0) is 14.3 Å². The van der Waals surface area contributed by atoms with E-state index in [1.807, 2.05) is 20.8 Å². The SMILES string of the molecule is CC(C)OC(=O)OCCCCCO/N=[N+](\[O-])N(C)C(C)(C)C. The normalized spacial score (nSPS) is 12.2. The molecule has 0 fully saturated rings. The van der Waals surface area contributed by atoms with Crippen molar-refractivity contribution in [3.8, 4) is 0 Å². The van der Waals surface area contributed by atoms with Crippen molar-refractivity contribution in [2.45, 2.75) is 65.5 Å². The molecule has 130 valence electrons. The fraction of sp³-hybridized carbons (Fsp3) is 0.929. The van der Waals surface area contributed by atoms with Gasteiger partial charge < -0.3 is 19.5 Å². The molecule has 0 aliphatic carbocycles. The Morgan fingerprint density at radius 3 is 2.36 bits per heavy atom. The number of carbonyl (C=O) groups excluding carboxylic acids is 1. The predicted molar refractivity (Wildman–Crippen MR) is 80.9 cm³/mol. The van der Waals surface area contributed by atoms with Gasteiger partial charge in [0.05, 0.1) is 30.3 Å². The highest BCUT2D eigenvalue weighted by molar-refractivity contribution is 5.59. The van der Waals surface area contributed by atoms with Crippen LogP contribution in [0.15, 0.2) is 5.28 Å². The number of rotatable bonds is 9. The van der Waals surface area contributed by atoms with Crippen LogP contribution in [0.2, 0.25) is 0 Å². The number of hydrazine groups is 1. The number of hydrogen-bond donors (Lipinski definition) is 0. The van der Waals surface area contributed by atoms with E-state index in [1.54, 1.807) is 20.9 Å². The highest BCUT2D eigenvalue weighted by atomic mass is 16.7. The molecule has 0 spiro atoms. The van der Waals surface area contributed by atoms with Crippen molar-refractivity contribution >= 4 is 6.16 Å². The standard InChI is InChI=1S/C14H29N3O5/c1-12(2)22-13(18)20-10-8-7-9-11-21-15-17(19)16(6)14(3,4)5/h12H,7-11H2,1-6H3/b17-15-. The molecule has 0 aromatic rings. The van der Waals surface area contributed by atoms with Gasteiger partial charge in [-0.1, -0.05) is 0 Å². The zero-order valence-electron chi connectivity index (χ0n) is 14.5. The van der Waals surface area contributed by atoms with E-state index in [0.29, 0.717) is 24.6 Å². The van der Waals surface area contributed by atoms with Crippen LogP contribution >= 0.6 is 0 Å². The molecule has 0 saturated heterocycles. The summed E-state index contributed by atoms with van der Waals surface area (Å²) >= 11 is 0. The van der Waals surface area contributed by atoms with Crippen molar-refractivity contribution in [3.63, 3.8) is 0 Å². The highest BCUT2D eigenvalue weighted by Crippen LogP contribution is 2.10. The molecule has 22 heavy (non-hydrogen) atoms. The topological polar surface area (TPSA) is 86.4 Å². The molecule has 0 aromatic heterocycles. The van der Waals surface area contributed by atoms with Gasteiger partial charge in [-0.25, -0.2) is 4.79 Å². The van der Waals surface area contributed by atoms with E-state index in [2.05, 4.69) is 5.28 Å². The second-order valence-electron chi connectivity index (χ2n) is 6.19. The largest absolute Gasteiger partial charge is 0.569 e. The molecule has 0 aliphatic rings. The molecule has 0 aliphatic heterocycles. The van der Waals surface area contributed by atoms with Crippen molar-refractivity contribution < 1.29 is 24.1 Å². The Morgan fingerprint density at radius 1 is 1.23 bits per heavy atom. The highest BCUT2D eigenvalue weighted by Gasteiger charge is 2.24. The molecule has 0 unspecified atom stereocenters. The van der Waals surface area contributed by atoms with E-state index in [-0.39, 0.29) is 11.6 Å². The number of carbonyl (C=O) groups is 1. The summed E-state index contributed by atoms with van der Waals surface area (Å²) in [5, 5.41) is 16.5. The van der Waals surface area contributed by atoms with Gasteiger partial charge in [0.25, 0.3) is 0 Å². The van der Waals surface area contributed by atoms with E-state index in [9.17, 15) is 10.0 Å². The van der Waals surface area contributed by atoms with Gasteiger partial charge in [0.15, 0.2) is 0 Å². The lowest BCUT2D eigenvalue weighted by atomic mass is 10.1. The maximum atomic E-state index is 11.6. The van der Waals surface area contributed by atoms with E-state index in [1.165, 1.54) is 5.01 Å². The summed E-state index contributed by atoms with van der Waals surface area (Å²) in [6.07, 6.45) is 1.41. The third-order valence-electron chi connectivity index (χ3n) is 2.79. The van der Waals surface area contributed by atoms with Crippen molar-refractivity contribution in [1.29, 1.82) is 0 Å². The lowest BCUT2D eigenvalue weighted by Crippen LogP contribution is -2.42. The molecule has 0 aromatic carbocycles. The van der Waals surface area contributed by atoms with Crippen LogP contribution in [0.3, 0.4) is 0 Å². The van der Waals surface area contributed by atoms with Gasteiger partial charge >= 0.3 is 6.16 Å². The molecule has 0 atom stereocenters. The Bertz CT molecular complexity index is 353. The molecule has 0 heterocycles. The Balaban J connectivity index is 3.64. The Labute approximate surface area is 132 Å². The van der Waals surface area contributed by atoms with Gasteiger partial charge in [-0.2, -0.15) is 0 Å². The number of hydrogen-bond acceptors (Lipinski definition) is 6. The van der Waals surface area contributed by atoms with E-state index < -0.39 is 6.16 Å². The van der Waals surface area contributed by atoms with Gasteiger partial charge in [-0.05, 0) is 53.9 Å². The summed E-state index contributed by atoms with van der Waals surface area (Å²) in [7, 11) is 1.65. The first-order valence-corrected chi connectivity index (χ1v) is 7.52. The van der Waals surface area contributed by atoms with Gasteiger partial charge in [-0.3, -0.25) is 0 Å². The minimum atomic E-state index is -0.645. The first-order chi connectivity index (χ1) is 10.1. The van der Waals surface area contributed by atoms with Crippen molar-refractivity contribution in [3.05, 3.63) is 5.21 Å². The zero-order valence-corrected chi connectivity index (χ0v) is 14.5. The molecular weight excluding hydrogens is 290 g/mol. The Kier molecular flexibility index (Phi) is 9.28. The third-order valence-corrected chi connectivity index (χ3v) is 2.79. The monoisotopic (exact) mass is 319 g/mol. The molecule has 0 bridgehead atoms. The maximum Gasteiger partial charge on any atom is 0.508 e. The Morgan fingerprint density at radius 2 is 1.82 bits per heavy atom. The molecule has 0 radical (unpaired) electrons. The van der Waals surface area contributed by atoms with Crippen molar-refractivity contribution in [2.75, 3.05) is 20.3 Å². The molecule has 0 saturated carbocycles. The molecule has 0 amide bonds. The number of unbranched alkanes of at least 4 members (excludes halogenated alkanes) is 2. The molecule has 8 nitrogen and oxygen atoms in total. The van der Waals surface area contributed by atoms with E-state index in [0.717, 1.165) is 12.8 Å². The van der Waals surface area contributed by atoms with E-state index in [4.69, 9.17) is 14.3 Å². The first kappa shape index (κ1) is 20.3. The number of ether oxygens (including phenoxy) is 2. The lowest BCUT2D eigenvalue weighted by molar-refractivity contribution is -0.719. The van der Waals surface area contributed by atoms with Gasteiger partial charge in [0.2, 0.25) is 5.28 Å². The minimum Gasteiger partial charge on any atom is -0.569 e. The summed E-state index contributed by atoms with van der Waals surface area (Å²) in [6, 6.07) is 0. The van der Waals surface area contributed by atoms with Crippen LogP contribution < -0.4 is 0 Å². The average molecular weight is 319 g/mol. The lowest BCUT2D eigenvalue weighted by Gasteiger charge is -2.26. The molecule has 0 rings (SSSR count). The quantitative estimate of drug-likeness (QED) is 0.213. The average Bonchev–Trinajstić information content (AvgIpc) is 2.38. The summed E-state index contributed by atoms with van der Waals surface area (Å²) in [5.74, 6) is 0. The second kappa shape index (κ2) is 10.1. The zero-order chi connectivity index (χ0) is 17.2. The first-order valence-electron chi connectivity index (χ1n) is 7.52. The van der Waals surface area contributed by atoms with E-state index >= 15 is 0 Å². The van der Waals surface area contributed by atoms with Gasteiger partial charge in [0, 0.05) is 0 Å². The van der Waals surface area contributed by atoms with Crippen molar-refractivity contribution in [2.24, 2.45) is 5.28 Å². The summed E-state index contributed by atoms with van der Waals surface area (Å²) in [6.45, 7) is 9.88.